The molecule has 1 heterocycles. The van der Waals surface area contributed by atoms with E-state index >= 15 is 0 Å². The average molecular weight is 1510 g/mol. The Bertz CT molecular complexity index is 1310. The van der Waals surface area contributed by atoms with E-state index in [2.05, 4.69) is 163 Å². The molecule has 2 N–H and O–H groups in total. The number of aliphatic hydroxyl groups excluding tert-OH is 1. The summed E-state index contributed by atoms with van der Waals surface area (Å²) in [6.07, 6.45) is 20.8. The number of aliphatic hydroxyl groups is 1. The molecule has 2 saturated carbocycles. The molecule has 15 heteroatoms. The zero-order valence-electron chi connectivity index (χ0n) is 41.4. The third-order valence-electron chi connectivity index (χ3n) is 11.7. The number of esters is 2. The van der Waals surface area contributed by atoms with Crippen molar-refractivity contribution in [3.8, 4) is 5.75 Å². The van der Waals surface area contributed by atoms with E-state index in [1.165, 1.54) is 63.2 Å². The number of carbonyl (C=O) groups is 3. The Morgan fingerprint density at radius 2 is 1.38 bits per heavy atom. The van der Waals surface area contributed by atoms with Crippen LogP contribution in [0.25, 0.3) is 0 Å². The van der Waals surface area contributed by atoms with E-state index in [0.29, 0.717) is 24.5 Å². The first-order valence-electron chi connectivity index (χ1n) is 22.8. The van der Waals surface area contributed by atoms with E-state index in [4.69, 9.17) is 12.8 Å². The maximum atomic E-state index is 11.1. The number of aromatic hydroxyl groups is 1. The molecule has 2 radical (unpaired) electrons. The molecule has 2 atom stereocenters. The molecular weight excluding hydrogens is 1420 g/mol. The minimum absolute atomic E-state index is 0. The van der Waals surface area contributed by atoms with Gasteiger partial charge in [-0.25, -0.2) is 4.79 Å². The van der Waals surface area contributed by atoms with E-state index in [0.717, 1.165) is 86.4 Å². The number of rotatable bonds is 8. The quantitative estimate of drug-likeness (QED) is 0.0390. The van der Waals surface area contributed by atoms with Crippen LogP contribution in [0.4, 0.5) is 0 Å². The van der Waals surface area contributed by atoms with Gasteiger partial charge < -0.3 is 24.5 Å². The second kappa shape index (κ2) is 46.2. The normalized spacial score (nSPS) is 21.9. The number of aldehydes is 1. The summed E-state index contributed by atoms with van der Waals surface area (Å²) in [5.74, 6) is 5.51. The van der Waals surface area contributed by atoms with E-state index in [-0.39, 0.29) is 55.4 Å². The Kier molecular flexibility index (Phi) is 52.3. The van der Waals surface area contributed by atoms with Crippen LogP contribution in [-0.2, 0) is 28.8 Å². The fourth-order valence-corrected chi connectivity index (χ4v) is 7.55. The molecule has 3 fully saturated rings. The number of methoxy groups -OCH3 is 1. The Labute approximate surface area is 463 Å². The molecule has 5 rings (SSSR count). The number of ether oxygens (including phenoxy) is 2. The Balaban J connectivity index is -0.000000126. The number of halogens is 5. The number of benzene rings is 1. The van der Waals surface area contributed by atoms with Crippen LogP contribution in [0.5, 0.6) is 5.75 Å². The molecule has 1 aromatic rings. The fourth-order valence-electron chi connectivity index (χ4n) is 7.55. The summed E-state index contributed by atoms with van der Waals surface area (Å²) >= 11 is 9.54. The van der Waals surface area contributed by atoms with Crippen molar-refractivity contribution >= 4 is 141 Å². The summed E-state index contributed by atoms with van der Waals surface area (Å²) in [5.41, 5.74) is 2.73. The number of carbonyl (C=O) groups excluding carboxylic acids is 3. The van der Waals surface area contributed by atoms with Gasteiger partial charge in [0.15, 0.2) is 0 Å². The first-order valence-corrected chi connectivity index (χ1v) is 38.1. The van der Waals surface area contributed by atoms with Gasteiger partial charge >= 0.3 is 76.8 Å². The van der Waals surface area contributed by atoms with Crippen molar-refractivity contribution in [2.24, 2.45) is 35.5 Å². The Hall–Kier alpha value is 1.80. The second-order valence-electron chi connectivity index (χ2n) is 17.1. The number of phenols is 1. The number of alkyl halides is 1. The first kappa shape index (κ1) is 71.4. The maximum absolute atomic E-state index is 11.1. The van der Waals surface area contributed by atoms with Gasteiger partial charge in [-0.3, -0.25) is 4.79 Å². The standard InChI is InChI=1S/C12H20O2.C12H20O.C9H18O.C9H12O.C4H6O2.CH3I.CH4.BH2P.4HI.V.2H2/c1-9(2)10-3-6-12(7-4-10)8-5-11(13)14-12;1-10(2)12-7-5-11(6-8-12)4-3-9-13;2*1-7(2)8-3-5-9(10)6-4-8;1-3-4(5)6-2;1-2;;1-2;;;;;;;/h9-10H,3-8H2,1-2H3;5,9-10,12H,3-4,6-8H2,1-2H3;7-10H,3-6H2,1-2H3;3-7,10H,1-2H3;3H,1H2,2H3;1H3;1H4;2H2;4*1H;;2*1H/q;;;;;;;;;;;;+3;;/p-3/i;;;;;;;;;;;;;1+2D;1+1. The van der Waals surface area contributed by atoms with Crippen molar-refractivity contribution in [2.75, 3.05) is 12.0 Å². The minimum atomic E-state index is -0.394. The van der Waals surface area contributed by atoms with Gasteiger partial charge in [-0.15, -0.1) is 24.0 Å². The fraction of sp³-hybridized carbons (Fsp3) is 0.729. The molecule has 0 amide bonds. The van der Waals surface area contributed by atoms with Gasteiger partial charge in [0, 0.05) is 23.3 Å². The van der Waals surface area contributed by atoms with Crippen molar-refractivity contribution in [2.45, 2.75) is 177 Å². The van der Waals surface area contributed by atoms with E-state index < -0.39 is 5.97 Å². The van der Waals surface area contributed by atoms with Crippen molar-refractivity contribution in [3.63, 3.8) is 0 Å². The summed E-state index contributed by atoms with van der Waals surface area (Å²) in [6.45, 7) is 21.2. The van der Waals surface area contributed by atoms with Crippen molar-refractivity contribution < 1.29 is 43.4 Å². The third-order valence-corrected chi connectivity index (χ3v) is 11.7. The van der Waals surface area contributed by atoms with Gasteiger partial charge in [-0.05, 0) is 148 Å². The average Bonchev–Trinajstić information content (AvgIpc) is 3.64. The number of hydrogen-bond donors (Lipinski definition) is 2. The monoisotopic (exact) mass is 1510 g/mol. The van der Waals surface area contributed by atoms with Crippen LogP contribution >= 0.6 is 116 Å². The molecule has 0 bridgehead atoms. The predicted octanol–water partition coefficient (Wildman–Crippen LogP) is 16.7. The number of allylic oxidation sites excluding steroid dienone is 2. The molecule has 372 valence electrons. The van der Waals surface area contributed by atoms with Crippen LogP contribution < -0.4 is 0 Å². The topological polar surface area (TPSA) is 110 Å². The zero-order valence-corrected chi connectivity index (χ0v) is 52.9. The molecule has 2 unspecified atom stereocenters. The predicted molar refractivity (Wildman–Crippen MR) is 321 cm³/mol. The first-order chi connectivity index (χ1) is 29.8. The molecule has 63 heavy (non-hydrogen) atoms. The van der Waals surface area contributed by atoms with Crippen LogP contribution in [-0.4, -0.2) is 59.7 Å². The SMILES string of the molecule is C.C=CC(=O)OC.CC(C)C1CC=C(CCC=O)CC1.CC(C)C1CCC(O)CC1.CC(C)C1CCC2(CCC(=O)O2)CC1.CC(C)c1ccc(O)cc1.CI.I.[2HH].[2H][3H].[B]P.[I][V]([I])[I]. The summed E-state index contributed by atoms with van der Waals surface area (Å²) in [7, 11) is 7.64. The molecule has 7 nitrogen and oxygen atoms in total. The molecule has 3 aliphatic carbocycles. The van der Waals surface area contributed by atoms with Gasteiger partial charge in [-0.2, -0.15) is 9.12 Å². The van der Waals surface area contributed by atoms with Crippen LogP contribution in [0, 0.1) is 35.5 Å². The molecule has 1 aromatic carbocycles. The summed E-state index contributed by atoms with van der Waals surface area (Å²) in [5, 5.41) is 18.1. The van der Waals surface area contributed by atoms with E-state index in [9.17, 15) is 19.5 Å². The molecule has 1 aliphatic heterocycles. The van der Waals surface area contributed by atoms with Crippen molar-refractivity contribution in [1.29, 1.82) is 0 Å². The summed E-state index contributed by atoms with van der Waals surface area (Å²) in [4.78, 5) is 32.8. The summed E-state index contributed by atoms with van der Waals surface area (Å²) in [6, 6.07) is 7.32. The molecule has 1 saturated heterocycles. The van der Waals surface area contributed by atoms with E-state index in [1.807, 2.05) is 26.2 Å². The van der Waals surface area contributed by atoms with Crippen LogP contribution in [0.2, 0.25) is 0 Å². The number of phenolic OH excluding ortho intramolecular Hbond substituents is 1. The second-order valence-corrected chi connectivity index (χ2v) is 52.4. The Morgan fingerprint density at radius 3 is 1.70 bits per heavy atom. The van der Waals surface area contributed by atoms with Crippen LogP contribution in [0.15, 0.2) is 48.6 Å². The molecular formula is C48H90BI5O7PV. The van der Waals surface area contributed by atoms with Crippen molar-refractivity contribution in [3.05, 3.63) is 54.1 Å². The van der Waals surface area contributed by atoms with Crippen molar-refractivity contribution in [1.82, 2.24) is 0 Å². The van der Waals surface area contributed by atoms with Gasteiger partial charge in [0.2, 0.25) is 0 Å². The number of hydrogen-bond acceptors (Lipinski definition) is 7. The van der Waals surface area contributed by atoms with Gasteiger partial charge in [0.05, 0.1) is 20.8 Å². The third kappa shape index (κ3) is 39.2. The van der Waals surface area contributed by atoms with Crippen LogP contribution in [0.1, 0.15) is 175 Å². The molecule has 0 aromatic heterocycles. The summed E-state index contributed by atoms with van der Waals surface area (Å²) < 4.78 is 19.6. The van der Waals surface area contributed by atoms with Gasteiger partial charge in [0.1, 0.15) is 17.6 Å². The molecule has 1 spiro atoms. The van der Waals surface area contributed by atoms with Gasteiger partial charge in [-0.1, -0.05) is 116 Å². The molecule has 4 aliphatic rings. The Morgan fingerprint density at radius 1 is 0.921 bits per heavy atom. The van der Waals surface area contributed by atoms with E-state index in [1.54, 1.807) is 12.1 Å². The van der Waals surface area contributed by atoms with Crippen LogP contribution in [0.3, 0.4) is 0 Å². The zero-order chi connectivity index (χ0) is 49.6. The van der Waals surface area contributed by atoms with Gasteiger partial charge in [0.25, 0.3) is 0 Å².